The summed E-state index contributed by atoms with van der Waals surface area (Å²) in [7, 11) is 0. The molecule has 9 nitrogen and oxygen atoms in total. The van der Waals surface area contributed by atoms with Crippen LogP contribution in [0.15, 0.2) is 70.8 Å². The van der Waals surface area contributed by atoms with Crippen LogP contribution in [0.3, 0.4) is 0 Å². The molecule has 0 aliphatic carbocycles. The summed E-state index contributed by atoms with van der Waals surface area (Å²) in [5, 5.41) is 13.8. The summed E-state index contributed by atoms with van der Waals surface area (Å²) in [5.74, 6) is -2.64. The van der Waals surface area contributed by atoms with Gasteiger partial charge >= 0.3 is 12.0 Å². The van der Waals surface area contributed by atoms with Crippen LogP contribution in [0.4, 0.5) is 14.9 Å². The fraction of sp³-hybridized carbons (Fsp3) is 0.0435. The Morgan fingerprint density at radius 3 is 2.64 bits per heavy atom. The van der Waals surface area contributed by atoms with Crippen molar-refractivity contribution in [1.82, 2.24) is 10.2 Å². The third-order valence-electron chi connectivity index (χ3n) is 4.72. The number of aromatic carboxylic acids is 1. The molecular weight excluding hydrogens is 433 g/mol. The molecule has 4 rings (SSSR count). The molecular formula is C23H16FN3O6. The van der Waals surface area contributed by atoms with E-state index in [1.807, 2.05) is 0 Å². The molecule has 0 spiro atoms. The van der Waals surface area contributed by atoms with E-state index in [0.29, 0.717) is 16.2 Å². The van der Waals surface area contributed by atoms with Crippen molar-refractivity contribution >= 4 is 35.6 Å². The molecule has 1 aliphatic rings. The van der Waals surface area contributed by atoms with Crippen LogP contribution < -0.4 is 10.6 Å². The monoisotopic (exact) mass is 449 g/mol. The van der Waals surface area contributed by atoms with Crippen LogP contribution in [-0.4, -0.2) is 40.4 Å². The van der Waals surface area contributed by atoms with E-state index in [1.165, 1.54) is 42.5 Å². The number of carboxylic acids is 1. The van der Waals surface area contributed by atoms with Gasteiger partial charge in [0.1, 0.15) is 29.6 Å². The first-order valence-electron chi connectivity index (χ1n) is 9.64. The molecule has 1 saturated heterocycles. The number of amides is 4. The number of para-hydroxylation sites is 1. The van der Waals surface area contributed by atoms with Gasteiger partial charge in [0, 0.05) is 11.6 Å². The van der Waals surface area contributed by atoms with Crippen molar-refractivity contribution in [2.24, 2.45) is 0 Å². The van der Waals surface area contributed by atoms with Gasteiger partial charge in [-0.1, -0.05) is 24.3 Å². The van der Waals surface area contributed by atoms with Crippen LogP contribution in [0.1, 0.15) is 16.1 Å². The molecule has 3 N–H and O–H groups in total. The molecule has 33 heavy (non-hydrogen) atoms. The second-order valence-electron chi connectivity index (χ2n) is 7.00. The quantitative estimate of drug-likeness (QED) is 0.391. The normalized spacial score (nSPS) is 14.5. The number of anilines is 1. The zero-order chi connectivity index (χ0) is 23.5. The predicted octanol–water partition coefficient (Wildman–Crippen LogP) is 3.32. The number of carboxylic acid groups (broad SMARTS) is 1. The summed E-state index contributed by atoms with van der Waals surface area (Å²) >= 11 is 0. The molecule has 2 heterocycles. The number of urea groups is 1. The molecule has 0 bridgehead atoms. The fourth-order valence-corrected chi connectivity index (χ4v) is 3.14. The van der Waals surface area contributed by atoms with Crippen LogP contribution in [0.2, 0.25) is 0 Å². The molecule has 10 heteroatoms. The third kappa shape index (κ3) is 4.64. The summed E-state index contributed by atoms with van der Waals surface area (Å²) in [6.45, 7) is -0.609. The zero-order valence-electron chi connectivity index (χ0n) is 16.9. The summed E-state index contributed by atoms with van der Waals surface area (Å²) in [4.78, 5) is 48.8. The average Bonchev–Trinajstić information content (AvgIpc) is 3.36. The number of halogens is 1. The smallest absolute Gasteiger partial charge is 0.335 e. The number of furan rings is 1. The summed E-state index contributed by atoms with van der Waals surface area (Å²) in [6, 6.07) is 14.0. The number of imide groups is 1. The maximum Gasteiger partial charge on any atom is 0.335 e. The van der Waals surface area contributed by atoms with E-state index in [1.54, 1.807) is 24.3 Å². The van der Waals surface area contributed by atoms with Crippen molar-refractivity contribution in [1.29, 1.82) is 0 Å². The molecule has 2 aromatic carbocycles. The van der Waals surface area contributed by atoms with E-state index < -0.39 is 36.2 Å². The lowest BCUT2D eigenvalue weighted by atomic mass is 10.1. The van der Waals surface area contributed by atoms with E-state index in [4.69, 9.17) is 9.52 Å². The van der Waals surface area contributed by atoms with Gasteiger partial charge in [0.2, 0.25) is 5.91 Å². The van der Waals surface area contributed by atoms with Crippen molar-refractivity contribution in [3.05, 3.63) is 83.5 Å². The third-order valence-corrected chi connectivity index (χ3v) is 4.72. The maximum atomic E-state index is 13.7. The number of hydrogen-bond donors (Lipinski definition) is 3. The molecule has 1 aromatic heterocycles. The van der Waals surface area contributed by atoms with Crippen LogP contribution >= 0.6 is 0 Å². The second kappa shape index (κ2) is 8.79. The molecule has 1 fully saturated rings. The molecule has 3 aromatic rings. The Labute approximate surface area is 186 Å². The summed E-state index contributed by atoms with van der Waals surface area (Å²) < 4.78 is 19.3. The van der Waals surface area contributed by atoms with Gasteiger partial charge in [-0.25, -0.2) is 18.9 Å². The van der Waals surface area contributed by atoms with Crippen LogP contribution in [0, 0.1) is 5.82 Å². The van der Waals surface area contributed by atoms with Crippen molar-refractivity contribution in [2.45, 2.75) is 0 Å². The standard InChI is InChI=1S/C23H16FN3O6/c24-16-6-1-2-7-17(16)25-20(28)12-27-21(29)18(26-23(27)32)11-15-8-9-19(33-15)13-4-3-5-14(10-13)22(30)31/h1-11H,12H2,(H,25,28)(H,26,32)(H,30,31)/b18-11-. The minimum Gasteiger partial charge on any atom is -0.478 e. The first kappa shape index (κ1) is 21.5. The first-order valence-corrected chi connectivity index (χ1v) is 9.64. The van der Waals surface area contributed by atoms with Gasteiger partial charge in [-0.05, 0) is 36.4 Å². The van der Waals surface area contributed by atoms with Crippen molar-refractivity contribution < 1.29 is 33.1 Å². The highest BCUT2D eigenvalue weighted by Crippen LogP contribution is 2.25. The number of nitrogens with one attached hydrogen (secondary N) is 2. The number of benzene rings is 2. The van der Waals surface area contributed by atoms with Crippen LogP contribution in [0.25, 0.3) is 17.4 Å². The average molecular weight is 449 g/mol. The molecule has 4 amide bonds. The molecule has 0 saturated carbocycles. The second-order valence-corrected chi connectivity index (χ2v) is 7.00. The molecule has 166 valence electrons. The number of carbonyl (C=O) groups is 4. The molecule has 0 atom stereocenters. The maximum absolute atomic E-state index is 13.7. The zero-order valence-corrected chi connectivity index (χ0v) is 16.9. The summed E-state index contributed by atoms with van der Waals surface area (Å²) in [6.07, 6.45) is 1.29. The van der Waals surface area contributed by atoms with Crippen molar-refractivity contribution in [3.63, 3.8) is 0 Å². The topological polar surface area (TPSA) is 129 Å². The number of hydrogen-bond acceptors (Lipinski definition) is 5. The van der Waals surface area contributed by atoms with Crippen molar-refractivity contribution in [3.8, 4) is 11.3 Å². The Kier molecular flexibility index (Phi) is 5.73. The van der Waals surface area contributed by atoms with Gasteiger partial charge in [0.15, 0.2) is 0 Å². The Balaban J connectivity index is 1.47. The lowest BCUT2D eigenvalue weighted by molar-refractivity contribution is -0.127. The molecule has 0 unspecified atom stereocenters. The van der Waals surface area contributed by atoms with E-state index in [0.717, 1.165) is 0 Å². The van der Waals surface area contributed by atoms with Gasteiger partial charge < -0.3 is 20.2 Å². The lowest BCUT2D eigenvalue weighted by Crippen LogP contribution is -2.38. The fourth-order valence-electron chi connectivity index (χ4n) is 3.14. The largest absolute Gasteiger partial charge is 0.478 e. The Bertz CT molecular complexity index is 1310. The molecule has 1 aliphatic heterocycles. The highest BCUT2D eigenvalue weighted by molar-refractivity contribution is 6.15. The van der Waals surface area contributed by atoms with Crippen LogP contribution in [-0.2, 0) is 9.59 Å². The van der Waals surface area contributed by atoms with Gasteiger partial charge in [-0.3, -0.25) is 9.59 Å². The number of rotatable bonds is 6. The highest BCUT2D eigenvalue weighted by atomic mass is 19.1. The van der Waals surface area contributed by atoms with Gasteiger partial charge in [-0.15, -0.1) is 0 Å². The number of carbonyl (C=O) groups excluding carboxylic acids is 3. The molecule has 0 radical (unpaired) electrons. The Morgan fingerprint density at radius 2 is 1.88 bits per heavy atom. The highest BCUT2D eigenvalue weighted by Gasteiger charge is 2.35. The van der Waals surface area contributed by atoms with Gasteiger partial charge in [0.25, 0.3) is 5.91 Å². The minimum atomic E-state index is -1.08. The van der Waals surface area contributed by atoms with E-state index >= 15 is 0 Å². The van der Waals surface area contributed by atoms with E-state index in [-0.39, 0.29) is 22.7 Å². The Hall–Kier alpha value is -4.73. The van der Waals surface area contributed by atoms with E-state index in [2.05, 4.69) is 10.6 Å². The predicted molar refractivity (Wildman–Crippen MR) is 114 cm³/mol. The van der Waals surface area contributed by atoms with Crippen molar-refractivity contribution in [2.75, 3.05) is 11.9 Å². The lowest BCUT2D eigenvalue weighted by Gasteiger charge is -2.12. The van der Waals surface area contributed by atoms with E-state index in [9.17, 15) is 23.6 Å². The Morgan fingerprint density at radius 1 is 1.09 bits per heavy atom. The van der Waals surface area contributed by atoms with Gasteiger partial charge in [-0.2, -0.15) is 0 Å². The number of nitrogens with zero attached hydrogens (tertiary/aromatic N) is 1. The SMILES string of the molecule is O=C(CN1C(=O)N/C(=C\c2ccc(-c3cccc(C(=O)O)c3)o2)C1=O)Nc1ccccc1F. The minimum absolute atomic E-state index is 0.0691. The first-order chi connectivity index (χ1) is 15.8. The van der Waals surface area contributed by atoms with Crippen LogP contribution in [0.5, 0.6) is 0 Å². The van der Waals surface area contributed by atoms with Gasteiger partial charge in [0.05, 0.1) is 11.3 Å². The summed E-state index contributed by atoms with van der Waals surface area (Å²) in [5.41, 5.74) is 0.429.